The van der Waals surface area contributed by atoms with E-state index < -0.39 is 6.10 Å². The molecule has 0 radical (unpaired) electrons. The quantitative estimate of drug-likeness (QED) is 0.766. The van der Waals surface area contributed by atoms with Crippen LogP contribution in [0.2, 0.25) is 5.02 Å². The maximum Gasteiger partial charge on any atom is 0.0952 e. The third-order valence-corrected chi connectivity index (χ3v) is 2.31. The molecule has 0 fully saturated rings. The molecule has 0 aromatic heterocycles. The normalized spacial score (nSPS) is 15.5. The average Bonchev–Trinajstić information content (AvgIpc) is 2.08. The molecule has 1 aromatic rings. The molecule has 0 amide bonds. The molecule has 3 heteroatoms. The van der Waals surface area contributed by atoms with Crippen LogP contribution < -0.4 is 5.73 Å². The van der Waals surface area contributed by atoms with Gasteiger partial charge in [-0.3, -0.25) is 0 Å². The number of hydrogen-bond acceptors (Lipinski definition) is 2. The highest BCUT2D eigenvalue weighted by atomic mass is 35.5. The second-order valence-electron chi connectivity index (χ2n) is 3.33. The molecule has 0 spiro atoms. The van der Waals surface area contributed by atoms with E-state index in [4.69, 9.17) is 17.3 Å². The van der Waals surface area contributed by atoms with Crippen molar-refractivity contribution in [1.82, 2.24) is 0 Å². The number of halogens is 1. The van der Waals surface area contributed by atoms with Crippen LogP contribution in [0.3, 0.4) is 0 Å². The Labute approximate surface area is 83.3 Å². The lowest BCUT2D eigenvalue weighted by atomic mass is 10.0. The van der Waals surface area contributed by atoms with Crippen LogP contribution in [0.25, 0.3) is 0 Å². The van der Waals surface area contributed by atoms with Gasteiger partial charge in [0.05, 0.1) is 6.10 Å². The van der Waals surface area contributed by atoms with Crippen molar-refractivity contribution in [2.75, 3.05) is 0 Å². The summed E-state index contributed by atoms with van der Waals surface area (Å²) < 4.78 is 0. The lowest BCUT2D eigenvalue weighted by molar-refractivity contribution is 0.153. The Morgan fingerprint density at radius 2 is 2.08 bits per heavy atom. The summed E-state index contributed by atoms with van der Waals surface area (Å²) in [6.07, 6.45) is -0.688. The molecule has 0 aliphatic rings. The van der Waals surface area contributed by atoms with Gasteiger partial charge in [0.2, 0.25) is 0 Å². The number of aliphatic hydroxyl groups is 1. The van der Waals surface area contributed by atoms with Gasteiger partial charge in [0.25, 0.3) is 0 Å². The van der Waals surface area contributed by atoms with Crippen molar-refractivity contribution in [2.24, 2.45) is 5.73 Å². The first-order valence-electron chi connectivity index (χ1n) is 4.22. The highest BCUT2D eigenvalue weighted by Crippen LogP contribution is 2.25. The Morgan fingerprint density at radius 3 is 2.62 bits per heavy atom. The summed E-state index contributed by atoms with van der Waals surface area (Å²) >= 11 is 5.92. The first-order chi connectivity index (χ1) is 6.02. The van der Waals surface area contributed by atoms with Crippen molar-refractivity contribution >= 4 is 11.6 Å². The zero-order chi connectivity index (χ0) is 10.0. The van der Waals surface area contributed by atoms with Gasteiger partial charge in [-0.25, -0.2) is 0 Å². The van der Waals surface area contributed by atoms with Crippen LogP contribution >= 0.6 is 11.6 Å². The van der Waals surface area contributed by atoms with Crippen LogP contribution in [0.5, 0.6) is 0 Å². The van der Waals surface area contributed by atoms with Crippen LogP contribution in [-0.2, 0) is 0 Å². The molecular weight excluding hydrogens is 186 g/mol. The summed E-state index contributed by atoms with van der Waals surface area (Å²) in [4.78, 5) is 0. The Morgan fingerprint density at radius 1 is 1.46 bits per heavy atom. The highest BCUT2D eigenvalue weighted by molar-refractivity contribution is 6.31. The van der Waals surface area contributed by atoms with Gasteiger partial charge in [0, 0.05) is 16.6 Å². The topological polar surface area (TPSA) is 46.2 Å². The maximum absolute atomic E-state index is 9.69. The van der Waals surface area contributed by atoms with Gasteiger partial charge in [-0.1, -0.05) is 29.3 Å². The monoisotopic (exact) mass is 199 g/mol. The molecular formula is C10H14ClNO. The van der Waals surface area contributed by atoms with Gasteiger partial charge in [-0.05, 0) is 19.9 Å². The minimum absolute atomic E-state index is 0.306. The van der Waals surface area contributed by atoms with Crippen molar-refractivity contribution < 1.29 is 5.11 Å². The van der Waals surface area contributed by atoms with Crippen LogP contribution in [0.1, 0.15) is 24.2 Å². The summed E-state index contributed by atoms with van der Waals surface area (Å²) in [5.41, 5.74) is 7.35. The van der Waals surface area contributed by atoms with Gasteiger partial charge in [0.15, 0.2) is 0 Å². The lowest BCUT2D eigenvalue weighted by Gasteiger charge is -2.16. The van der Waals surface area contributed by atoms with Gasteiger partial charge < -0.3 is 10.8 Å². The minimum Gasteiger partial charge on any atom is -0.387 e. The molecule has 3 N–H and O–H groups in total. The molecule has 0 unspecified atom stereocenters. The Bertz CT molecular complexity index is 299. The second kappa shape index (κ2) is 4.09. The van der Waals surface area contributed by atoms with E-state index in [1.807, 2.05) is 19.1 Å². The van der Waals surface area contributed by atoms with Gasteiger partial charge in [-0.2, -0.15) is 0 Å². The summed E-state index contributed by atoms with van der Waals surface area (Å²) in [6, 6.07) is 5.23. The molecule has 0 saturated heterocycles. The zero-order valence-electron chi connectivity index (χ0n) is 7.79. The van der Waals surface area contributed by atoms with Gasteiger partial charge in [-0.15, -0.1) is 0 Å². The van der Waals surface area contributed by atoms with Crippen molar-refractivity contribution in [3.63, 3.8) is 0 Å². The van der Waals surface area contributed by atoms with Crippen LogP contribution in [0.4, 0.5) is 0 Å². The predicted molar refractivity (Wildman–Crippen MR) is 54.8 cm³/mol. The fourth-order valence-corrected chi connectivity index (χ4v) is 1.40. The van der Waals surface area contributed by atoms with Crippen LogP contribution in [0.15, 0.2) is 18.2 Å². The van der Waals surface area contributed by atoms with Crippen LogP contribution in [-0.4, -0.2) is 11.1 Å². The molecule has 1 aromatic carbocycles. The van der Waals surface area contributed by atoms with Crippen molar-refractivity contribution in [1.29, 1.82) is 0 Å². The number of rotatable bonds is 2. The smallest absolute Gasteiger partial charge is 0.0952 e. The highest BCUT2D eigenvalue weighted by Gasteiger charge is 2.15. The number of hydrogen-bond donors (Lipinski definition) is 2. The van der Waals surface area contributed by atoms with Crippen molar-refractivity contribution in [3.05, 3.63) is 34.3 Å². The number of nitrogens with two attached hydrogens (primary N) is 1. The molecule has 2 nitrogen and oxygen atoms in total. The molecule has 1 rings (SSSR count). The lowest BCUT2D eigenvalue weighted by Crippen LogP contribution is -2.24. The second-order valence-corrected chi connectivity index (χ2v) is 3.74. The van der Waals surface area contributed by atoms with E-state index in [1.165, 1.54) is 0 Å². The maximum atomic E-state index is 9.69. The number of aryl methyl sites for hydroxylation is 1. The number of aliphatic hydroxyl groups excluding tert-OH is 1. The zero-order valence-corrected chi connectivity index (χ0v) is 8.55. The van der Waals surface area contributed by atoms with E-state index in [-0.39, 0.29) is 6.04 Å². The van der Waals surface area contributed by atoms with E-state index in [9.17, 15) is 5.11 Å². The van der Waals surface area contributed by atoms with E-state index in [0.717, 1.165) is 5.56 Å². The number of benzene rings is 1. The summed E-state index contributed by atoms with van der Waals surface area (Å²) in [5.74, 6) is 0. The Balaban J connectivity index is 3.05. The molecule has 13 heavy (non-hydrogen) atoms. The van der Waals surface area contributed by atoms with Gasteiger partial charge in [0.1, 0.15) is 0 Å². The molecule has 2 atom stereocenters. The SMILES string of the molecule is Cc1ccc(Cl)c([C@@H](O)[C@H](C)N)c1. The average molecular weight is 200 g/mol. The van der Waals surface area contributed by atoms with Crippen LogP contribution in [0, 0.1) is 6.92 Å². The predicted octanol–water partition coefficient (Wildman–Crippen LogP) is 2.03. The Kier molecular flexibility index (Phi) is 3.31. The minimum atomic E-state index is -0.688. The summed E-state index contributed by atoms with van der Waals surface area (Å²) in [5, 5.41) is 10.3. The molecule has 0 bridgehead atoms. The third kappa shape index (κ3) is 2.44. The fourth-order valence-electron chi connectivity index (χ4n) is 1.17. The molecule has 0 saturated carbocycles. The molecule has 72 valence electrons. The van der Waals surface area contributed by atoms with E-state index in [2.05, 4.69) is 0 Å². The van der Waals surface area contributed by atoms with E-state index in [0.29, 0.717) is 10.6 Å². The first-order valence-corrected chi connectivity index (χ1v) is 4.60. The third-order valence-electron chi connectivity index (χ3n) is 1.97. The summed E-state index contributed by atoms with van der Waals surface area (Å²) in [7, 11) is 0. The molecule has 0 heterocycles. The first kappa shape index (κ1) is 10.5. The summed E-state index contributed by atoms with van der Waals surface area (Å²) in [6.45, 7) is 3.71. The van der Waals surface area contributed by atoms with E-state index >= 15 is 0 Å². The largest absolute Gasteiger partial charge is 0.387 e. The molecule has 0 aliphatic heterocycles. The fraction of sp³-hybridized carbons (Fsp3) is 0.400. The van der Waals surface area contributed by atoms with Crippen molar-refractivity contribution in [3.8, 4) is 0 Å². The standard InChI is InChI=1S/C10H14ClNO/c1-6-3-4-9(11)8(5-6)10(13)7(2)12/h3-5,7,10,13H,12H2,1-2H3/t7-,10-/m0/s1. The molecule has 0 aliphatic carbocycles. The van der Waals surface area contributed by atoms with Crippen molar-refractivity contribution in [2.45, 2.75) is 26.0 Å². The van der Waals surface area contributed by atoms with Gasteiger partial charge >= 0.3 is 0 Å². The van der Waals surface area contributed by atoms with E-state index in [1.54, 1.807) is 13.0 Å². The Hall–Kier alpha value is -0.570.